The van der Waals surface area contributed by atoms with Crippen LogP contribution in [0.2, 0.25) is 0 Å². The van der Waals surface area contributed by atoms with Crippen LogP contribution in [-0.2, 0) is 6.54 Å². The number of carbonyl (C=O) groups excluding carboxylic acids is 1. The Hall–Kier alpha value is -1.06. The van der Waals surface area contributed by atoms with Crippen LogP contribution in [0.15, 0.2) is 24.3 Å². The molecule has 0 bridgehead atoms. The highest BCUT2D eigenvalue weighted by molar-refractivity contribution is 5.94. The van der Waals surface area contributed by atoms with Crippen molar-refractivity contribution in [2.45, 2.75) is 44.7 Å². The molecule has 20 heavy (non-hydrogen) atoms. The van der Waals surface area contributed by atoms with Crippen molar-refractivity contribution < 1.29 is 4.79 Å². The van der Waals surface area contributed by atoms with Gasteiger partial charge in [0.15, 0.2) is 0 Å². The molecule has 3 rings (SSSR count). The molecule has 1 aromatic carbocycles. The maximum atomic E-state index is 12.6. The molecule has 0 spiro atoms. The Morgan fingerprint density at radius 3 is 2.55 bits per heavy atom. The molecule has 1 saturated heterocycles. The third kappa shape index (κ3) is 2.84. The van der Waals surface area contributed by atoms with Crippen molar-refractivity contribution in [3.8, 4) is 0 Å². The number of fused-ring (bicyclic) bond motifs is 1. The van der Waals surface area contributed by atoms with E-state index in [0.29, 0.717) is 12.6 Å². The van der Waals surface area contributed by atoms with Gasteiger partial charge in [-0.1, -0.05) is 18.6 Å². The average molecular weight is 295 g/mol. The van der Waals surface area contributed by atoms with E-state index in [1.165, 1.54) is 25.7 Å². The fraction of sp³-hybridized carbons (Fsp3) is 0.562. The fourth-order valence-electron chi connectivity index (χ4n) is 3.66. The second kappa shape index (κ2) is 6.59. The zero-order chi connectivity index (χ0) is 13.2. The van der Waals surface area contributed by atoms with E-state index in [0.717, 1.165) is 30.0 Å². The summed E-state index contributed by atoms with van der Waals surface area (Å²) in [5.74, 6) is 0.959. The molecular formula is C16H23ClN2O. The normalized spacial score (nSPS) is 24.9. The van der Waals surface area contributed by atoms with Gasteiger partial charge in [-0.2, -0.15) is 0 Å². The van der Waals surface area contributed by atoms with Gasteiger partial charge in [0.05, 0.1) is 0 Å². The molecule has 2 fully saturated rings. The SMILES string of the molecule is Cl.NCc1ccc(C(=O)N2CCCC3CCCC32)cc1. The Bertz CT molecular complexity index is 460. The van der Waals surface area contributed by atoms with E-state index < -0.39 is 0 Å². The van der Waals surface area contributed by atoms with E-state index in [4.69, 9.17) is 5.73 Å². The smallest absolute Gasteiger partial charge is 0.254 e. The number of hydrogen-bond donors (Lipinski definition) is 1. The van der Waals surface area contributed by atoms with Crippen LogP contribution in [0.25, 0.3) is 0 Å². The first kappa shape index (κ1) is 15.3. The maximum Gasteiger partial charge on any atom is 0.254 e. The Labute approximate surface area is 126 Å². The first-order valence-corrected chi connectivity index (χ1v) is 7.39. The van der Waals surface area contributed by atoms with E-state index in [2.05, 4.69) is 4.90 Å². The van der Waals surface area contributed by atoms with Crippen molar-refractivity contribution in [1.29, 1.82) is 0 Å². The molecule has 110 valence electrons. The number of nitrogens with two attached hydrogens (primary N) is 1. The van der Waals surface area contributed by atoms with Crippen LogP contribution in [0.3, 0.4) is 0 Å². The number of piperidine rings is 1. The summed E-state index contributed by atoms with van der Waals surface area (Å²) in [7, 11) is 0. The van der Waals surface area contributed by atoms with Gasteiger partial charge in [-0.05, 0) is 49.3 Å². The Morgan fingerprint density at radius 1 is 1.15 bits per heavy atom. The number of rotatable bonds is 2. The van der Waals surface area contributed by atoms with Crippen LogP contribution in [0.1, 0.15) is 48.0 Å². The summed E-state index contributed by atoms with van der Waals surface area (Å²) in [6.45, 7) is 1.46. The second-order valence-corrected chi connectivity index (χ2v) is 5.80. The van der Waals surface area contributed by atoms with Crippen LogP contribution < -0.4 is 5.73 Å². The predicted molar refractivity (Wildman–Crippen MR) is 83.0 cm³/mol. The molecule has 1 saturated carbocycles. The number of amides is 1. The standard InChI is InChI=1S/C16H22N2O.ClH/c17-11-12-6-8-14(9-7-12)16(19)18-10-2-4-13-3-1-5-15(13)18;/h6-9,13,15H,1-5,10-11,17H2;1H. The number of halogens is 1. The summed E-state index contributed by atoms with van der Waals surface area (Å²) in [5, 5.41) is 0. The van der Waals surface area contributed by atoms with E-state index in [1.807, 2.05) is 24.3 Å². The van der Waals surface area contributed by atoms with E-state index in [1.54, 1.807) is 0 Å². The third-order valence-electron chi connectivity index (χ3n) is 4.69. The van der Waals surface area contributed by atoms with E-state index in [-0.39, 0.29) is 18.3 Å². The summed E-state index contributed by atoms with van der Waals surface area (Å²) < 4.78 is 0. The number of likely N-dealkylation sites (tertiary alicyclic amines) is 1. The zero-order valence-corrected chi connectivity index (χ0v) is 12.6. The molecule has 4 heteroatoms. The van der Waals surface area contributed by atoms with Crippen molar-refractivity contribution in [3.05, 3.63) is 35.4 Å². The molecule has 2 unspecified atom stereocenters. The molecular weight excluding hydrogens is 272 g/mol. The monoisotopic (exact) mass is 294 g/mol. The van der Waals surface area contributed by atoms with Gasteiger partial charge >= 0.3 is 0 Å². The molecule has 1 heterocycles. The van der Waals surface area contributed by atoms with Gasteiger partial charge in [0.25, 0.3) is 5.91 Å². The Morgan fingerprint density at radius 2 is 1.85 bits per heavy atom. The molecule has 0 aromatic heterocycles. The maximum absolute atomic E-state index is 12.6. The lowest BCUT2D eigenvalue weighted by Crippen LogP contribution is -2.46. The summed E-state index contributed by atoms with van der Waals surface area (Å²) >= 11 is 0. The Kier molecular flexibility index (Phi) is 5.06. The summed E-state index contributed by atoms with van der Waals surface area (Å²) in [6, 6.07) is 8.26. The quantitative estimate of drug-likeness (QED) is 0.911. The zero-order valence-electron chi connectivity index (χ0n) is 11.8. The molecule has 1 aliphatic heterocycles. The number of benzene rings is 1. The van der Waals surface area contributed by atoms with Crippen LogP contribution in [0.5, 0.6) is 0 Å². The average Bonchev–Trinajstić information content (AvgIpc) is 2.95. The highest BCUT2D eigenvalue weighted by Crippen LogP contribution is 2.37. The van der Waals surface area contributed by atoms with E-state index in [9.17, 15) is 4.79 Å². The molecule has 1 aromatic rings. The van der Waals surface area contributed by atoms with Crippen LogP contribution >= 0.6 is 12.4 Å². The Balaban J connectivity index is 0.00000147. The lowest BCUT2D eigenvalue weighted by molar-refractivity contribution is 0.0548. The highest BCUT2D eigenvalue weighted by atomic mass is 35.5. The van der Waals surface area contributed by atoms with Crippen molar-refractivity contribution in [2.24, 2.45) is 11.7 Å². The molecule has 2 aliphatic rings. The molecule has 2 N–H and O–H groups in total. The van der Waals surface area contributed by atoms with E-state index >= 15 is 0 Å². The molecule has 1 amide bonds. The number of carbonyl (C=O) groups is 1. The first-order valence-electron chi connectivity index (χ1n) is 7.39. The summed E-state index contributed by atoms with van der Waals surface area (Å²) in [5.41, 5.74) is 7.48. The minimum atomic E-state index is 0. The van der Waals surface area contributed by atoms with Crippen LogP contribution in [0, 0.1) is 5.92 Å². The van der Waals surface area contributed by atoms with Crippen molar-refractivity contribution in [3.63, 3.8) is 0 Å². The van der Waals surface area contributed by atoms with Crippen molar-refractivity contribution in [2.75, 3.05) is 6.54 Å². The van der Waals surface area contributed by atoms with Crippen LogP contribution in [-0.4, -0.2) is 23.4 Å². The van der Waals surface area contributed by atoms with Gasteiger partial charge in [-0.25, -0.2) is 0 Å². The summed E-state index contributed by atoms with van der Waals surface area (Å²) in [6.07, 6.45) is 6.25. The number of nitrogens with zero attached hydrogens (tertiary/aromatic N) is 1. The molecule has 2 atom stereocenters. The van der Waals surface area contributed by atoms with Gasteiger partial charge < -0.3 is 10.6 Å². The minimum Gasteiger partial charge on any atom is -0.335 e. The predicted octanol–water partition coefficient (Wildman–Crippen LogP) is 2.97. The van der Waals surface area contributed by atoms with Gasteiger partial charge in [0.2, 0.25) is 0 Å². The van der Waals surface area contributed by atoms with Gasteiger partial charge in [-0.15, -0.1) is 12.4 Å². The fourth-order valence-corrected chi connectivity index (χ4v) is 3.66. The largest absolute Gasteiger partial charge is 0.335 e. The van der Waals surface area contributed by atoms with Crippen molar-refractivity contribution >= 4 is 18.3 Å². The highest BCUT2D eigenvalue weighted by Gasteiger charge is 2.37. The number of hydrogen-bond acceptors (Lipinski definition) is 2. The summed E-state index contributed by atoms with van der Waals surface area (Å²) in [4.78, 5) is 14.8. The molecule has 3 nitrogen and oxygen atoms in total. The third-order valence-corrected chi connectivity index (χ3v) is 4.69. The lowest BCUT2D eigenvalue weighted by atomic mass is 9.91. The molecule has 1 aliphatic carbocycles. The lowest BCUT2D eigenvalue weighted by Gasteiger charge is -2.37. The first-order chi connectivity index (χ1) is 9.29. The molecule has 0 radical (unpaired) electrons. The van der Waals surface area contributed by atoms with Gasteiger partial charge in [-0.3, -0.25) is 4.79 Å². The topological polar surface area (TPSA) is 46.3 Å². The van der Waals surface area contributed by atoms with Crippen molar-refractivity contribution in [1.82, 2.24) is 4.90 Å². The van der Waals surface area contributed by atoms with Gasteiger partial charge in [0, 0.05) is 24.7 Å². The van der Waals surface area contributed by atoms with Crippen LogP contribution in [0.4, 0.5) is 0 Å². The second-order valence-electron chi connectivity index (χ2n) is 5.80. The minimum absolute atomic E-state index is 0. The van der Waals surface area contributed by atoms with Gasteiger partial charge in [0.1, 0.15) is 0 Å².